The lowest BCUT2D eigenvalue weighted by molar-refractivity contribution is -0.297. The lowest BCUT2D eigenvalue weighted by Gasteiger charge is -2.40. The zero-order valence-electron chi connectivity index (χ0n) is 38.2. The van der Waals surface area contributed by atoms with Gasteiger partial charge in [-0.3, -0.25) is 14.1 Å². The number of aliphatic hydroxyl groups excluding tert-OH is 3. The Morgan fingerprint density at radius 1 is 0.565 bits per heavy atom. The Morgan fingerprint density at radius 3 is 1.52 bits per heavy atom. The highest BCUT2D eigenvalue weighted by Gasteiger charge is 2.46. The fourth-order valence-corrected chi connectivity index (χ4v) is 7.63. The Morgan fingerprint density at radius 2 is 1.02 bits per heavy atom. The van der Waals surface area contributed by atoms with E-state index in [0.717, 1.165) is 70.6 Å². The molecule has 0 aromatic carbocycles. The molecule has 0 saturated carbocycles. The second-order valence-corrected chi connectivity index (χ2v) is 17.9. The van der Waals surface area contributed by atoms with Crippen LogP contribution in [-0.2, 0) is 38.7 Å². The Balaban J connectivity index is 2.45. The molecule has 12 nitrogen and oxygen atoms in total. The van der Waals surface area contributed by atoms with E-state index >= 15 is 0 Å². The van der Waals surface area contributed by atoms with Crippen LogP contribution in [0.15, 0.2) is 60.8 Å². The van der Waals surface area contributed by atoms with E-state index in [4.69, 9.17) is 18.9 Å². The van der Waals surface area contributed by atoms with Gasteiger partial charge in [0.2, 0.25) is 0 Å². The van der Waals surface area contributed by atoms with E-state index in [1.807, 2.05) is 0 Å². The van der Waals surface area contributed by atoms with Crippen molar-refractivity contribution in [1.29, 1.82) is 0 Å². The summed E-state index contributed by atoms with van der Waals surface area (Å²) in [6.45, 7) is 3.63. The molecule has 0 aromatic heterocycles. The molecule has 0 radical (unpaired) electrons. The van der Waals surface area contributed by atoms with E-state index in [2.05, 4.69) is 74.6 Å². The van der Waals surface area contributed by atoms with Gasteiger partial charge in [-0.1, -0.05) is 171 Å². The molecule has 62 heavy (non-hydrogen) atoms. The van der Waals surface area contributed by atoms with Crippen LogP contribution in [0.4, 0.5) is 0 Å². The van der Waals surface area contributed by atoms with Crippen molar-refractivity contribution in [2.45, 2.75) is 218 Å². The minimum Gasteiger partial charge on any atom is -0.462 e. The molecule has 1 saturated heterocycles. The highest BCUT2D eigenvalue weighted by Crippen LogP contribution is 2.24. The van der Waals surface area contributed by atoms with Crippen LogP contribution in [0.25, 0.3) is 0 Å². The van der Waals surface area contributed by atoms with Crippen LogP contribution in [0.3, 0.4) is 0 Å². The molecule has 1 fully saturated rings. The second-order valence-electron chi connectivity index (χ2n) is 16.4. The minimum atomic E-state index is -4.61. The Kier molecular flexibility index (Phi) is 35.9. The lowest BCUT2D eigenvalue weighted by Crippen LogP contribution is -2.60. The topological polar surface area (TPSA) is 186 Å². The summed E-state index contributed by atoms with van der Waals surface area (Å²) in [6.07, 6.45) is 38.3. The summed E-state index contributed by atoms with van der Waals surface area (Å²) in [5, 5.41) is 30.9. The summed E-state index contributed by atoms with van der Waals surface area (Å²) < 4.78 is 54.1. The standard InChI is InChI=1S/C49H84O12S/c1-3-5-7-9-11-13-15-17-19-20-21-22-24-26-28-30-32-34-36-38-45(51)60-42(40-59-49-48(54)47(53)46(52)43(61-49)41-62(55,56)57)39-58-44(50)37-35-33-31-29-27-25-23-18-16-14-12-10-8-6-4-2/h5,7,11,13,17,19,21-22,26,28,42-43,46-49,52-54H,3-4,6,8-10,12,14-16,18,20,23-25,27,29-41H2,1-2H3,(H,55,56,57)/b7-5+,13-11+,19-17+,22-21+,28-26+/t42-,43-,46-,47?,48?,49+/m1/s1. The van der Waals surface area contributed by atoms with Gasteiger partial charge in [0, 0.05) is 12.8 Å². The molecule has 1 aliphatic rings. The van der Waals surface area contributed by atoms with Crippen LogP contribution in [0.1, 0.15) is 181 Å². The van der Waals surface area contributed by atoms with Gasteiger partial charge in [-0.2, -0.15) is 8.42 Å². The number of hydrogen-bond donors (Lipinski definition) is 4. The van der Waals surface area contributed by atoms with Crippen LogP contribution in [0, 0.1) is 0 Å². The molecule has 1 heterocycles. The Labute approximate surface area is 375 Å². The van der Waals surface area contributed by atoms with Crippen molar-refractivity contribution in [3.63, 3.8) is 0 Å². The quantitative estimate of drug-likeness (QED) is 0.0198. The summed E-state index contributed by atoms with van der Waals surface area (Å²) in [5.41, 5.74) is 0. The van der Waals surface area contributed by atoms with E-state index in [1.165, 1.54) is 70.6 Å². The van der Waals surface area contributed by atoms with Crippen molar-refractivity contribution in [2.75, 3.05) is 19.0 Å². The van der Waals surface area contributed by atoms with Crippen LogP contribution >= 0.6 is 0 Å². The van der Waals surface area contributed by atoms with E-state index in [1.54, 1.807) is 0 Å². The molecule has 1 rings (SSSR count). The van der Waals surface area contributed by atoms with Gasteiger partial charge in [-0.25, -0.2) is 0 Å². The van der Waals surface area contributed by atoms with Gasteiger partial charge in [0.1, 0.15) is 36.8 Å². The third-order valence-corrected chi connectivity index (χ3v) is 11.4. The average molecular weight is 897 g/mol. The van der Waals surface area contributed by atoms with E-state index in [9.17, 15) is 37.9 Å². The first-order valence-electron chi connectivity index (χ1n) is 23.8. The average Bonchev–Trinajstić information content (AvgIpc) is 3.24. The maximum atomic E-state index is 12.8. The van der Waals surface area contributed by atoms with Crippen LogP contribution in [-0.4, -0.2) is 96.0 Å². The molecular formula is C49H84O12S. The highest BCUT2D eigenvalue weighted by atomic mass is 32.2. The summed E-state index contributed by atoms with van der Waals surface area (Å²) in [7, 11) is -4.61. The number of carbonyl (C=O) groups is 2. The van der Waals surface area contributed by atoms with Crippen molar-refractivity contribution in [2.24, 2.45) is 0 Å². The molecule has 0 spiro atoms. The van der Waals surface area contributed by atoms with Gasteiger partial charge in [0.15, 0.2) is 12.4 Å². The number of unbranched alkanes of at least 4 members (excludes halogenated alkanes) is 17. The number of carbonyl (C=O) groups excluding carboxylic acids is 2. The number of rotatable bonds is 39. The Bertz CT molecular complexity index is 1370. The maximum absolute atomic E-state index is 12.8. The van der Waals surface area contributed by atoms with E-state index in [-0.39, 0.29) is 19.4 Å². The molecule has 0 amide bonds. The molecule has 6 atom stereocenters. The van der Waals surface area contributed by atoms with Gasteiger partial charge >= 0.3 is 11.9 Å². The number of hydrogen-bond acceptors (Lipinski definition) is 11. The highest BCUT2D eigenvalue weighted by molar-refractivity contribution is 7.85. The number of aliphatic hydroxyl groups is 3. The van der Waals surface area contributed by atoms with E-state index < -0.39 is 71.2 Å². The van der Waals surface area contributed by atoms with Crippen molar-refractivity contribution in [3.05, 3.63) is 60.8 Å². The first kappa shape index (κ1) is 57.4. The normalized spacial score (nSPS) is 20.4. The predicted octanol–water partition coefficient (Wildman–Crippen LogP) is 10.1. The molecule has 0 bridgehead atoms. The number of ether oxygens (including phenoxy) is 4. The first-order chi connectivity index (χ1) is 30.0. The predicted molar refractivity (Wildman–Crippen MR) is 247 cm³/mol. The van der Waals surface area contributed by atoms with Crippen LogP contribution < -0.4 is 0 Å². The molecule has 358 valence electrons. The van der Waals surface area contributed by atoms with Gasteiger partial charge in [-0.05, 0) is 57.8 Å². The Hall–Kier alpha value is -2.65. The van der Waals surface area contributed by atoms with Crippen molar-refractivity contribution in [1.82, 2.24) is 0 Å². The molecular weight excluding hydrogens is 813 g/mol. The summed E-state index contributed by atoms with van der Waals surface area (Å²) >= 11 is 0. The molecule has 0 aromatic rings. The molecule has 0 aliphatic carbocycles. The zero-order chi connectivity index (χ0) is 45.5. The molecule has 4 N–H and O–H groups in total. The maximum Gasteiger partial charge on any atom is 0.306 e. The monoisotopic (exact) mass is 897 g/mol. The zero-order valence-corrected chi connectivity index (χ0v) is 39.0. The van der Waals surface area contributed by atoms with Crippen molar-refractivity contribution < 1.29 is 56.8 Å². The fourth-order valence-electron chi connectivity index (χ4n) is 6.94. The van der Waals surface area contributed by atoms with Gasteiger partial charge < -0.3 is 34.3 Å². The van der Waals surface area contributed by atoms with Gasteiger partial charge in [-0.15, -0.1) is 0 Å². The number of allylic oxidation sites excluding steroid dienone is 10. The first-order valence-corrected chi connectivity index (χ1v) is 25.5. The summed E-state index contributed by atoms with van der Waals surface area (Å²) in [6, 6.07) is 0. The fraction of sp³-hybridized carbons (Fsp3) is 0.755. The smallest absolute Gasteiger partial charge is 0.306 e. The van der Waals surface area contributed by atoms with Gasteiger partial charge in [0.25, 0.3) is 10.1 Å². The third-order valence-electron chi connectivity index (χ3n) is 10.6. The third kappa shape index (κ3) is 32.9. The van der Waals surface area contributed by atoms with E-state index in [0.29, 0.717) is 12.8 Å². The van der Waals surface area contributed by atoms with Crippen molar-refractivity contribution in [3.8, 4) is 0 Å². The number of esters is 2. The van der Waals surface area contributed by atoms with Crippen LogP contribution in [0.5, 0.6) is 0 Å². The largest absolute Gasteiger partial charge is 0.462 e. The molecule has 2 unspecified atom stereocenters. The van der Waals surface area contributed by atoms with Gasteiger partial charge in [0.05, 0.1) is 6.61 Å². The second kappa shape index (κ2) is 38.8. The molecule has 1 aliphatic heterocycles. The summed E-state index contributed by atoms with van der Waals surface area (Å²) in [4.78, 5) is 25.4. The minimum absolute atomic E-state index is 0.124. The summed E-state index contributed by atoms with van der Waals surface area (Å²) in [5.74, 6) is -2.03. The SMILES string of the molecule is CC/C=C/C/C=C/C/C=C/C/C=C/C/C=C/CCCCCC(=O)O[C@H](COC(=O)CCCCCCCCCCCCCCCCC)CO[C@H]1O[C@H](CS(=O)(=O)O)[C@@H](O)C(O)C1O. The van der Waals surface area contributed by atoms with Crippen LogP contribution in [0.2, 0.25) is 0 Å². The lowest BCUT2D eigenvalue weighted by atomic mass is 10.00. The molecule has 13 heteroatoms. The van der Waals surface area contributed by atoms with Crippen molar-refractivity contribution >= 4 is 22.1 Å².